The average molecular weight is 430 g/mol. The third-order valence-corrected chi connectivity index (χ3v) is 9.48. The lowest BCUT2D eigenvalue weighted by Crippen LogP contribution is -2.51. The summed E-state index contributed by atoms with van der Waals surface area (Å²) in [5.74, 6) is -0.792. The zero-order valence-electron chi connectivity index (χ0n) is 16.8. The third-order valence-electron chi connectivity index (χ3n) is 5.97. The molecule has 2 fully saturated rings. The molecular formula is C19H31N3O4S2. The Hall–Kier alpha value is -1.19. The quantitative estimate of drug-likeness (QED) is 0.717. The highest BCUT2D eigenvalue weighted by atomic mass is 32.2. The molecule has 28 heavy (non-hydrogen) atoms. The summed E-state index contributed by atoms with van der Waals surface area (Å²) < 4.78 is 27.4. The van der Waals surface area contributed by atoms with Crippen LogP contribution in [0.25, 0.3) is 0 Å². The number of carboxylic acids is 1. The highest BCUT2D eigenvalue weighted by Crippen LogP contribution is 2.31. The molecule has 1 aromatic rings. The van der Waals surface area contributed by atoms with Crippen LogP contribution < -0.4 is 4.90 Å². The van der Waals surface area contributed by atoms with Crippen molar-refractivity contribution in [3.05, 3.63) is 11.2 Å². The van der Waals surface area contributed by atoms with Gasteiger partial charge in [0.15, 0.2) is 0 Å². The number of aryl methyl sites for hydroxylation is 1. The fourth-order valence-electron chi connectivity index (χ4n) is 3.83. The first-order chi connectivity index (χ1) is 13.2. The maximum atomic E-state index is 12.9. The number of piperazine rings is 1. The van der Waals surface area contributed by atoms with Crippen LogP contribution >= 0.6 is 11.3 Å². The van der Waals surface area contributed by atoms with Crippen molar-refractivity contribution < 1.29 is 18.3 Å². The lowest BCUT2D eigenvalue weighted by atomic mass is 9.88. The Morgan fingerprint density at radius 3 is 2.46 bits per heavy atom. The number of carbonyl (C=O) groups is 1. The predicted molar refractivity (Wildman–Crippen MR) is 111 cm³/mol. The SMILES string of the molecule is CC(C)(CCc1ncc(N2CCN(S(=O)(=O)C3CCCCC3)CC2)s1)C(=O)O. The summed E-state index contributed by atoms with van der Waals surface area (Å²) in [6.45, 7) is 5.87. The van der Waals surface area contributed by atoms with Gasteiger partial charge < -0.3 is 10.0 Å². The fourth-order valence-corrected chi connectivity index (χ4v) is 6.82. The monoisotopic (exact) mass is 429 g/mol. The first kappa shape index (κ1) is 21.5. The maximum absolute atomic E-state index is 12.9. The molecule has 2 aliphatic rings. The zero-order chi connectivity index (χ0) is 20.4. The van der Waals surface area contributed by atoms with E-state index in [1.165, 1.54) is 0 Å². The van der Waals surface area contributed by atoms with Crippen molar-refractivity contribution in [2.45, 2.75) is 64.0 Å². The lowest BCUT2D eigenvalue weighted by Gasteiger charge is -2.36. The normalized spacial score (nSPS) is 20.4. The van der Waals surface area contributed by atoms with Gasteiger partial charge in [-0.15, -0.1) is 11.3 Å². The van der Waals surface area contributed by atoms with Crippen molar-refractivity contribution in [1.82, 2.24) is 9.29 Å². The van der Waals surface area contributed by atoms with Gasteiger partial charge in [0.25, 0.3) is 0 Å². The highest BCUT2D eigenvalue weighted by molar-refractivity contribution is 7.89. The van der Waals surface area contributed by atoms with Gasteiger partial charge in [-0.1, -0.05) is 19.3 Å². The molecule has 1 aromatic heterocycles. The maximum Gasteiger partial charge on any atom is 0.309 e. The summed E-state index contributed by atoms with van der Waals surface area (Å²) in [5.41, 5.74) is -0.759. The lowest BCUT2D eigenvalue weighted by molar-refractivity contribution is -0.147. The highest BCUT2D eigenvalue weighted by Gasteiger charge is 2.35. The van der Waals surface area contributed by atoms with Crippen LogP contribution in [0.4, 0.5) is 5.00 Å². The zero-order valence-corrected chi connectivity index (χ0v) is 18.4. The molecule has 0 aromatic carbocycles. The van der Waals surface area contributed by atoms with E-state index < -0.39 is 21.4 Å². The molecule has 1 saturated carbocycles. The van der Waals surface area contributed by atoms with Gasteiger partial charge in [-0.2, -0.15) is 4.31 Å². The molecule has 0 radical (unpaired) electrons. The second-order valence-electron chi connectivity index (χ2n) is 8.47. The number of thiazole rings is 1. The first-order valence-corrected chi connectivity index (χ1v) is 12.4. The summed E-state index contributed by atoms with van der Waals surface area (Å²) in [6.07, 6.45) is 7.80. The second-order valence-corrected chi connectivity index (χ2v) is 11.8. The molecule has 9 heteroatoms. The van der Waals surface area contributed by atoms with E-state index in [2.05, 4.69) is 9.88 Å². The van der Waals surface area contributed by atoms with E-state index in [0.29, 0.717) is 39.0 Å². The molecule has 1 aliphatic heterocycles. The summed E-state index contributed by atoms with van der Waals surface area (Å²) in [5, 5.41) is 11.0. The first-order valence-electron chi connectivity index (χ1n) is 10.1. The Bertz CT molecular complexity index is 777. The van der Waals surface area contributed by atoms with Gasteiger partial charge >= 0.3 is 5.97 Å². The molecule has 0 atom stereocenters. The van der Waals surface area contributed by atoms with Crippen molar-refractivity contribution in [3.63, 3.8) is 0 Å². The van der Waals surface area contributed by atoms with Gasteiger partial charge in [-0.25, -0.2) is 13.4 Å². The minimum atomic E-state index is -3.18. The summed E-state index contributed by atoms with van der Waals surface area (Å²) in [6, 6.07) is 0. The number of rotatable bonds is 7. The predicted octanol–water partition coefficient (Wildman–Crippen LogP) is 2.97. The molecule has 158 valence electrons. The van der Waals surface area contributed by atoms with Gasteiger partial charge in [0.1, 0.15) is 5.00 Å². The van der Waals surface area contributed by atoms with Gasteiger partial charge in [0.05, 0.1) is 21.9 Å². The molecule has 3 rings (SSSR count). The van der Waals surface area contributed by atoms with Crippen LogP contribution in [0, 0.1) is 5.41 Å². The number of carboxylic acid groups (broad SMARTS) is 1. The van der Waals surface area contributed by atoms with Crippen LogP contribution in [-0.4, -0.2) is 60.2 Å². The number of aromatic nitrogens is 1. The molecule has 2 heterocycles. The van der Waals surface area contributed by atoms with E-state index in [0.717, 1.165) is 42.1 Å². The molecule has 0 spiro atoms. The number of nitrogens with zero attached hydrogens (tertiary/aromatic N) is 3. The standard InChI is InChI=1S/C19H31N3O4S2/c1-19(2,18(23)24)9-8-16-20-14-17(27-16)21-10-12-22(13-11-21)28(25,26)15-6-4-3-5-7-15/h14-15H,3-13H2,1-2H3,(H,23,24). The molecule has 0 unspecified atom stereocenters. The Kier molecular flexibility index (Phi) is 6.66. The van der Waals surface area contributed by atoms with Crippen molar-refractivity contribution in [3.8, 4) is 0 Å². The summed E-state index contributed by atoms with van der Waals surface area (Å²) in [4.78, 5) is 17.9. The van der Waals surface area contributed by atoms with E-state index in [1.54, 1.807) is 29.5 Å². The molecule has 7 nitrogen and oxygen atoms in total. The minimum absolute atomic E-state index is 0.194. The average Bonchev–Trinajstić information content (AvgIpc) is 3.16. The summed E-state index contributed by atoms with van der Waals surface area (Å²) >= 11 is 1.58. The van der Waals surface area contributed by atoms with Crippen LogP contribution in [0.15, 0.2) is 6.20 Å². The molecular weight excluding hydrogens is 398 g/mol. The largest absolute Gasteiger partial charge is 0.481 e. The van der Waals surface area contributed by atoms with E-state index in [1.807, 2.05) is 6.20 Å². The number of aliphatic carboxylic acids is 1. The van der Waals surface area contributed by atoms with Gasteiger partial charge in [-0.3, -0.25) is 4.79 Å². The van der Waals surface area contributed by atoms with E-state index in [9.17, 15) is 18.3 Å². The van der Waals surface area contributed by atoms with Crippen molar-refractivity contribution in [1.29, 1.82) is 0 Å². The number of sulfonamides is 1. The van der Waals surface area contributed by atoms with Crippen LogP contribution in [0.2, 0.25) is 0 Å². The topological polar surface area (TPSA) is 90.8 Å². The van der Waals surface area contributed by atoms with Crippen molar-refractivity contribution in [2.75, 3.05) is 31.1 Å². The molecule has 1 aliphatic carbocycles. The smallest absolute Gasteiger partial charge is 0.309 e. The molecule has 1 saturated heterocycles. The Labute approximate surface area is 171 Å². The minimum Gasteiger partial charge on any atom is -0.481 e. The summed E-state index contributed by atoms with van der Waals surface area (Å²) in [7, 11) is -3.18. The van der Waals surface area contributed by atoms with Gasteiger partial charge in [0, 0.05) is 32.6 Å². The molecule has 0 amide bonds. The van der Waals surface area contributed by atoms with Crippen LogP contribution in [0.1, 0.15) is 57.4 Å². The van der Waals surface area contributed by atoms with Gasteiger partial charge in [0.2, 0.25) is 10.0 Å². The fraction of sp³-hybridized carbons (Fsp3) is 0.789. The van der Waals surface area contributed by atoms with Crippen molar-refractivity contribution >= 4 is 32.3 Å². The van der Waals surface area contributed by atoms with E-state index in [-0.39, 0.29) is 5.25 Å². The number of hydrogen-bond donors (Lipinski definition) is 1. The Morgan fingerprint density at radius 2 is 1.86 bits per heavy atom. The Morgan fingerprint density at radius 1 is 1.21 bits per heavy atom. The number of anilines is 1. The van der Waals surface area contributed by atoms with Gasteiger partial charge in [-0.05, 0) is 33.1 Å². The van der Waals surface area contributed by atoms with E-state index in [4.69, 9.17) is 0 Å². The van der Waals surface area contributed by atoms with E-state index >= 15 is 0 Å². The third kappa shape index (κ3) is 4.86. The van der Waals surface area contributed by atoms with Crippen molar-refractivity contribution in [2.24, 2.45) is 5.41 Å². The molecule has 0 bridgehead atoms. The molecule has 1 N–H and O–H groups in total. The second kappa shape index (κ2) is 8.67. The number of hydrogen-bond acceptors (Lipinski definition) is 6. The Balaban J connectivity index is 1.54. The van der Waals surface area contributed by atoms with Crippen LogP contribution in [-0.2, 0) is 21.2 Å². The van der Waals surface area contributed by atoms with Crippen LogP contribution in [0.3, 0.4) is 0 Å². The van der Waals surface area contributed by atoms with Crippen LogP contribution in [0.5, 0.6) is 0 Å².